The van der Waals surface area contributed by atoms with Gasteiger partial charge in [-0.1, -0.05) is 34.1 Å². The molecule has 3 rings (SSSR count). The first-order valence-electron chi connectivity index (χ1n) is 6.56. The number of nitrogens with zero attached hydrogens (tertiary/aromatic N) is 2. The Morgan fingerprint density at radius 2 is 2.05 bits per heavy atom. The lowest BCUT2D eigenvalue weighted by atomic mass is 10.2. The zero-order valence-corrected chi connectivity index (χ0v) is 14.9. The third-order valence-corrected chi connectivity index (χ3v) is 4.78. The van der Waals surface area contributed by atoms with Crippen molar-refractivity contribution in [3.8, 4) is 5.69 Å². The van der Waals surface area contributed by atoms with Crippen LogP contribution in [0.2, 0.25) is 0 Å². The van der Waals surface area contributed by atoms with E-state index < -0.39 is 0 Å². The fourth-order valence-electron chi connectivity index (χ4n) is 2.29. The molecule has 1 heterocycles. The second-order valence-corrected chi connectivity index (χ2v) is 6.01. The summed E-state index contributed by atoms with van der Waals surface area (Å²) < 4.78 is 7.37. The number of carbonyl (C=O) groups excluding carboxylic acids is 1. The van der Waals surface area contributed by atoms with Gasteiger partial charge in [-0.05, 0) is 45.8 Å². The number of fused-ring (bicyclic) bond motifs is 1. The van der Waals surface area contributed by atoms with Crippen molar-refractivity contribution < 1.29 is 9.53 Å². The van der Waals surface area contributed by atoms with E-state index in [9.17, 15) is 4.79 Å². The van der Waals surface area contributed by atoms with Crippen molar-refractivity contribution in [2.75, 3.05) is 7.11 Å². The van der Waals surface area contributed by atoms with Gasteiger partial charge >= 0.3 is 5.97 Å². The molecule has 0 aliphatic heterocycles. The average Bonchev–Trinajstić information content (AvgIpc) is 2.90. The Balaban J connectivity index is 2.23. The summed E-state index contributed by atoms with van der Waals surface area (Å²) in [6.45, 7) is 0. The van der Waals surface area contributed by atoms with Gasteiger partial charge in [0.05, 0.1) is 23.9 Å². The van der Waals surface area contributed by atoms with E-state index in [1.807, 2.05) is 24.3 Å². The molecule has 2 aromatic carbocycles. The maximum absolute atomic E-state index is 11.9. The number of esters is 1. The molecule has 1 aromatic heterocycles. The topological polar surface area (TPSA) is 44.1 Å². The Labute approximate surface area is 144 Å². The van der Waals surface area contributed by atoms with Crippen LogP contribution in [0.1, 0.15) is 15.9 Å². The molecule has 0 saturated carbocycles. The molecule has 0 aliphatic rings. The van der Waals surface area contributed by atoms with E-state index in [-0.39, 0.29) is 5.97 Å². The fourth-order valence-corrected chi connectivity index (χ4v) is 3.22. The number of para-hydroxylation sites is 1. The van der Waals surface area contributed by atoms with Crippen LogP contribution in [-0.2, 0) is 10.1 Å². The Morgan fingerprint density at radius 3 is 2.77 bits per heavy atom. The Kier molecular flexibility index (Phi) is 4.31. The maximum Gasteiger partial charge on any atom is 0.340 e. The second kappa shape index (κ2) is 6.22. The first kappa shape index (κ1) is 15.2. The van der Waals surface area contributed by atoms with Gasteiger partial charge in [0.15, 0.2) is 0 Å². The zero-order valence-electron chi connectivity index (χ0n) is 11.7. The SMILES string of the molecule is COC(=O)c1ccccc1-n1nc2ccc(CBr)cc2c1Br. The van der Waals surface area contributed by atoms with Gasteiger partial charge in [0.25, 0.3) is 0 Å². The van der Waals surface area contributed by atoms with Gasteiger partial charge in [-0.2, -0.15) is 5.10 Å². The highest BCUT2D eigenvalue weighted by atomic mass is 79.9. The van der Waals surface area contributed by atoms with Crippen molar-refractivity contribution in [2.24, 2.45) is 0 Å². The molecule has 112 valence electrons. The van der Waals surface area contributed by atoms with Gasteiger partial charge in [0.2, 0.25) is 0 Å². The van der Waals surface area contributed by atoms with Crippen molar-refractivity contribution in [1.29, 1.82) is 0 Å². The molecule has 22 heavy (non-hydrogen) atoms. The average molecular weight is 424 g/mol. The fraction of sp³-hybridized carbons (Fsp3) is 0.125. The number of halogens is 2. The van der Waals surface area contributed by atoms with Gasteiger partial charge < -0.3 is 4.74 Å². The number of methoxy groups -OCH3 is 1. The van der Waals surface area contributed by atoms with E-state index in [2.05, 4.69) is 43.0 Å². The molecule has 0 bridgehead atoms. The third-order valence-electron chi connectivity index (χ3n) is 3.37. The lowest BCUT2D eigenvalue weighted by molar-refractivity contribution is 0.0600. The van der Waals surface area contributed by atoms with Crippen LogP contribution in [-0.4, -0.2) is 22.9 Å². The lowest BCUT2D eigenvalue weighted by Gasteiger charge is -2.08. The Bertz CT molecular complexity index is 858. The number of hydrogen-bond acceptors (Lipinski definition) is 3. The number of aromatic nitrogens is 2. The van der Waals surface area contributed by atoms with Crippen LogP contribution in [0.4, 0.5) is 0 Å². The first-order chi connectivity index (χ1) is 10.7. The third kappa shape index (κ3) is 2.57. The van der Waals surface area contributed by atoms with Gasteiger partial charge in [-0.25, -0.2) is 9.48 Å². The Morgan fingerprint density at radius 1 is 1.27 bits per heavy atom. The normalized spacial score (nSPS) is 10.9. The van der Waals surface area contributed by atoms with Gasteiger partial charge in [-0.15, -0.1) is 0 Å². The van der Waals surface area contributed by atoms with Crippen molar-refractivity contribution >= 4 is 48.7 Å². The molecule has 0 spiro atoms. The van der Waals surface area contributed by atoms with Crippen LogP contribution in [0.3, 0.4) is 0 Å². The number of hydrogen-bond donors (Lipinski definition) is 0. The summed E-state index contributed by atoms with van der Waals surface area (Å²) in [4.78, 5) is 11.9. The smallest absolute Gasteiger partial charge is 0.340 e. The molecule has 0 radical (unpaired) electrons. The highest BCUT2D eigenvalue weighted by Crippen LogP contribution is 2.29. The van der Waals surface area contributed by atoms with Crippen molar-refractivity contribution in [1.82, 2.24) is 9.78 Å². The van der Waals surface area contributed by atoms with Crippen LogP contribution >= 0.6 is 31.9 Å². The number of ether oxygens (including phenoxy) is 1. The van der Waals surface area contributed by atoms with Gasteiger partial charge in [-0.3, -0.25) is 0 Å². The van der Waals surface area contributed by atoms with Crippen LogP contribution < -0.4 is 0 Å². The Hall–Kier alpha value is -1.66. The first-order valence-corrected chi connectivity index (χ1v) is 8.48. The zero-order chi connectivity index (χ0) is 15.7. The molecule has 3 aromatic rings. The standard InChI is InChI=1S/C16H12Br2N2O2/c1-22-16(21)11-4-2-3-5-14(11)20-15(18)12-8-10(9-17)6-7-13(12)19-20/h2-8H,9H2,1H3. The quantitative estimate of drug-likeness (QED) is 0.461. The number of rotatable bonds is 3. The van der Waals surface area contributed by atoms with E-state index in [4.69, 9.17) is 4.74 Å². The van der Waals surface area contributed by atoms with E-state index in [1.165, 1.54) is 7.11 Å². The monoisotopic (exact) mass is 422 g/mol. The van der Waals surface area contributed by atoms with Crippen LogP contribution in [0.5, 0.6) is 0 Å². The highest BCUT2D eigenvalue weighted by molar-refractivity contribution is 9.10. The summed E-state index contributed by atoms with van der Waals surface area (Å²) in [5.41, 5.74) is 3.17. The predicted octanol–water partition coefficient (Wildman–Crippen LogP) is 4.47. The van der Waals surface area contributed by atoms with Crippen molar-refractivity contribution in [3.63, 3.8) is 0 Å². The van der Waals surface area contributed by atoms with Crippen molar-refractivity contribution in [3.05, 3.63) is 58.2 Å². The number of alkyl halides is 1. The molecule has 0 N–H and O–H groups in total. The lowest BCUT2D eigenvalue weighted by Crippen LogP contribution is -2.08. The number of benzene rings is 2. The summed E-state index contributed by atoms with van der Waals surface area (Å²) in [5.74, 6) is -0.386. The predicted molar refractivity (Wildman–Crippen MR) is 92.7 cm³/mol. The molecule has 0 amide bonds. The molecule has 0 fully saturated rings. The maximum atomic E-state index is 11.9. The highest BCUT2D eigenvalue weighted by Gasteiger charge is 2.17. The number of carbonyl (C=O) groups is 1. The second-order valence-electron chi connectivity index (χ2n) is 4.70. The summed E-state index contributed by atoms with van der Waals surface area (Å²) in [6.07, 6.45) is 0. The molecular weight excluding hydrogens is 412 g/mol. The van der Waals surface area contributed by atoms with E-state index in [1.54, 1.807) is 16.8 Å². The van der Waals surface area contributed by atoms with E-state index in [0.717, 1.165) is 26.4 Å². The van der Waals surface area contributed by atoms with E-state index in [0.29, 0.717) is 11.3 Å². The minimum absolute atomic E-state index is 0.386. The molecule has 0 saturated heterocycles. The molecule has 0 unspecified atom stereocenters. The summed E-state index contributed by atoms with van der Waals surface area (Å²) in [6, 6.07) is 13.3. The minimum atomic E-state index is -0.386. The van der Waals surface area contributed by atoms with Crippen LogP contribution in [0.25, 0.3) is 16.6 Å². The molecule has 0 aliphatic carbocycles. The molecule has 0 atom stereocenters. The minimum Gasteiger partial charge on any atom is -0.465 e. The summed E-state index contributed by atoms with van der Waals surface area (Å²) >= 11 is 7.05. The van der Waals surface area contributed by atoms with Crippen LogP contribution in [0.15, 0.2) is 47.1 Å². The van der Waals surface area contributed by atoms with E-state index >= 15 is 0 Å². The largest absolute Gasteiger partial charge is 0.465 e. The summed E-state index contributed by atoms with van der Waals surface area (Å²) in [7, 11) is 1.37. The molecular formula is C16H12Br2N2O2. The molecule has 4 nitrogen and oxygen atoms in total. The summed E-state index contributed by atoms with van der Waals surface area (Å²) in [5, 5.41) is 6.36. The van der Waals surface area contributed by atoms with Crippen LogP contribution in [0, 0.1) is 0 Å². The molecule has 6 heteroatoms. The van der Waals surface area contributed by atoms with Gasteiger partial charge in [0.1, 0.15) is 4.60 Å². The van der Waals surface area contributed by atoms with Gasteiger partial charge in [0, 0.05) is 10.7 Å². The van der Waals surface area contributed by atoms with Crippen molar-refractivity contribution in [2.45, 2.75) is 5.33 Å².